The van der Waals surface area contributed by atoms with Crippen LogP contribution in [0.15, 0.2) is 23.1 Å². The minimum atomic E-state index is -3.52. The summed E-state index contributed by atoms with van der Waals surface area (Å²) in [5.74, 6) is 0. The third kappa shape index (κ3) is 1.18. The molecule has 0 bridgehead atoms. The molecule has 0 saturated heterocycles. The molecule has 2 rings (SSSR count). The maximum atomic E-state index is 12.1. The molecule has 0 aromatic heterocycles. The minimum Gasteiger partial charge on any atom is -0.214 e. The zero-order chi connectivity index (χ0) is 12.1. The Kier molecular flexibility index (Phi) is 2.08. The van der Waals surface area contributed by atoms with Gasteiger partial charge in [0.1, 0.15) is 0 Å². The number of sulfonamides is 1. The molecule has 0 amide bonds. The molecule has 1 aliphatic rings. The molecule has 0 fully saturated rings. The Labute approximate surface area is 96.1 Å². The van der Waals surface area contributed by atoms with E-state index in [1.54, 1.807) is 12.1 Å². The van der Waals surface area contributed by atoms with Crippen LogP contribution < -0.4 is 0 Å². The molecule has 0 N–H and O–H groups in total. The third-order valence-electron chi connectivity index (χ3n) is 2.94. The van der Waals surface area contributed by atoms with Gasteiger partial charge in [-0.15, -0.1) is 0 Å². The van der Waals surface area contributed by atoms with Crippen LogP contribution in [0.2, 0.25) is 0 Å². The van der Waals surface area contributed by atoms with Crippen LogP contribution in [-0.2, 0) is 15.6 Å². The van der Waals surface area contributed by atoms with Crippen LogP contribution in [-0.4, -0.2) is 12.7 Å². The Morgan fingerprint density at radius 3 is 2.56 bits per heavy atom. The van der Waals surface area contributed by atoms with E-state index in [2.05, 4.69) is 6.04 Å². The highest BCUT2D eigenvalue weighted by Crippen LogP contribution is 2.43. The van der Waals surface area contributed by atoms with E-state index in [0.29, 0.717) is 4.90 Å². The monoisotopic (exact) mass is 235 g/mol. The summed E-state index contributed by atoms with van der Waals surface area (Å²) >= 11 is 0. The average molecular weight is 235 g/mol. The molecule has 16 heavy (non-hydrogen) atoms. The molecule has 3 nitrogen and oxygen atoms in total. The molecule has 1 aromatic carbocycles. The van der Waals surface area contributed by atoms with Crippen molar-refractivity contribution in [2.75, 3.05) is 0 Å². The number of benzene rings is 1. The van der Waals surface area contributed by atoms with Crippen molar-refractivity contribution in [3.63, 3.8) is 0 Å². The lowest BCUT2D eigenvalue weighted by Gasteiger charge is -2.26. The van der Waals surface area contributed by atoms with Crippen LogP contribution in [0.25, 0.3) is 0 Å². The largest absolute Gasteiger partial charge is 0.272 e. The van der Waals surface area contributed by atoms with Gasteiger partial charge in [-0.2, -0.15) is 0 Å². The van der Waals surface area contributed by atoms with Crippen LogP contribution in [0.4, 0.5) is 0 Å². The van der Waals surface area contributed by atoms with Gasteiger partial charge in [-0.1, -0.05) is 24.1 Å². The molecule has 0 spiro atoms. The van der Waals surface area contributed by atoms with E-state index in [9.17, 15) is 8.42 Å². The summed E-state index contributed by atoms with van der Waals surface area (Å²) in [5, 5.41) is 0. The van der Waals surface area contributed by atoms with E-state index in [-0.39, 0.29) is 0 Å². The van der Waals surface area contributed by atoms with E-state index in [0.717, 1.165) is 15.4 Å². The first-order valence-electron chi connectivity index (χ1n) is 4.94. The molecule has 0 saturated carbocycles. The second kappa shape index (κ2) is 3.02. The van der Waals surface area contributed by atoms with E-state index in [4.69, 9.17) is 6.42 Å². The van der Waals surface area contributed by atoms with Gasteiger partial charge in [0, 0.05) is 6.04 Å². The Hall–Kier alpha value is -1.47. The molecular formula is C12H13NO2S. The predicted octanol–water partition coefficient (Wildman–Crippen LogP) is 1.83. The molecule has 0 unspecified atom stereocenters. The Morgan fingerprint density at radius 2 is 2.00 bits per heavy atom. The van der Waals surface area contributed by atoms with Crippen molar-refractivity contribution in [3.8, 4) is 12.5 Å². The number of hydrogen-bond acceptors (Lipinski definition) is 2. The fourth-order valence-corrected chi connectivity index (χ4v) is 3.95. The highest BCUT2D eigenvalue weighted by molar-refractivity contribution is 7.89. The van der Waals surface area contributed by atoms with Gasteiger partial charge >= 0.3 is 0 Å². The van der Waals surface area contributed by atoms with Gasteiger partial charge in [-0.25, -0.2) is 12.7 Å². The van der Waals surface area contributed by atoms with Crippen molar-refractivity contribution in [3.05, 3.63) is 29.3 Å². The van der Waals surface area contributed by atoms with Crippen LogP contribution in [0.1, 0.15) is 25.0 Å². The summed E-state index contributed by atoms with van der Waals surface area (Å²) in [6, 6.07) is 7.54. The van der Waals surface area contributed by atoms with E-state index in [1.807, 2.05) is 26.8 Å². The molecular weight excluding hydrogens is 222 g/mol. The normalized spacial score (nSPS) is 20.2. The van der Waals surface area contributed by atoms with Crippen LogP contribution in [0.3, 0.4) is 0 Å². The number of terminal acetylenes is 1. The molecule has 1 aromatic rings. The van der Waals surface area contributed by atoms with Crippen molar-refractivity contribution >= 4 is 10.0 Å². The van der Waals surface area contributed by atoms with Gasteiger partial charge in [0.25, 0.3) is 10.0 Å². The lowest BCUT2D eigenvalue weighted by atomic mass is 9.93. The van der Waals surface area contributed by atoms with Crippen molar-refractivity contribution in [1.82, 2.24) is 4.31 Å². The number of nitrogens with zero attached hydrogens (tertiary/aromatic N) is 1. The Morgan fingerprint density at radius 1 is 1.38 bits per heavy atom. The molecule has 1 aliphatic heterocycles. The molecule has 1 heterocycles. The summed E-state index contributed by atoms with van der Waals surface area (Å²) < 4.78 is 25.3. The Balaban J connectivity index is 2.85. The smallest absolute Gasteiger partial charge is 0.214 e. The van der Waals surface area contributed by atoms with Gasteiger partial charge in [-0.3, -0.25) is 0 Å². The average Bonchev–Trinajstić information content (AvgIpc) is 2.30. The van der Waals surface area contributed by atoms with Gasteiger partial charge in [0.05, 0.1) is 10.4 Å². The molecule has 84 valence electrons. The van der Waals surface area contributed by atoms with Gasteiger partial charge in [0.2, 0.25) is 0 Å². The van der Waals surface area contributed by atoms with Gasteiger partial charge in [-0.05, 0) is 32.4 Å². The van der Waals surface area contributed by atoms with E-state index in [1.165, 1.54) is 0 Å². The van der Waals surface area contributed by atoms with Crippen molar-refractivity contribution < 1.29 is 8.42 Å². The first kappa shape index (κ1) is 11.0. The number of aryl methyl sites for hydroxylation is 1. The zero-order valence-electron chi connectivity index (χ0n) is 9.48. The van der Waals surface area contributed by atoms with Gasteiger partial charge < -0.3 is 0 Å². The highest BCUT2D eigenvalue weighted by Gasteiger charge is 2.46. The minimum absolute atomic E-state index is 0.320. The second-order valence-electron chi connectivity index (χ2n) is 4.46. The number of hydrogen-bond donors (Lipinski definition) is 0. The van der Waals surface area contributed by atoms with Crippen molar-refractivity contribution in [1.29, 1.82) is 0 Å². The summed E-state index contributed by atoms with van der Waals surface area (Å²) in [5.41, 5.74) is 1.13. The fourth-order valence-electron chi connectivity index (χ4n) is 2.09. The summed E-state index contributed by atoms with van der Waals surface area (Å²) in [4.78, 5) is 0.320. The number of fused-ring (bicyclic) bond motifs is 1. The topological polar surface area (TPSA) is 37.4 Å². The SMILES string of the molecule is C#CN1C(C)(C)c2cc(C)ccc2S1(=O)=O. The summed E-state index contributed by atoms with van der Waals surface area (Å²) in [6.45, 7) is 5.56. The fraction of sp³-hybridized carbons (Fsp3) is 0.333. The number of rotatable bonds is 0. The first-order chi connectivity index (χ1) is 7.31. The molecule has 0 radical (unpaired) electrons. The van der Waals surface area contributed by atoms with Gasteiger partial charge in [0.15, 0.2) is 0 Å². The highest BCUT2D eigenvalue weighted by atomic mass is 32.2. The maximum absolute atomic E-state index is 12.1. The predicted molar refractivity (Wildman–Crippen MR) is 62.1 cm³/mol. The maximum Gasteiger partial charge on any atom is 0.272 e. The van der Waals surface area contributed by atoms with Crippen molar-refractivity contribution in [2.24, 2.45) is 0 Å². The standard InChI is InChI=1S/C12H13NO2S/c1-5-13-12(3,4)10-8-9(2)6-7-11(10)16(13,14)15/h1,6-8H,2-4H3. The Bertz CT molecular complexity index is 594. The van der Waals surface area contributed by atoms with Crippen LogP contribution >= 0.6 is 0 Å². The third-order valence-corrected chi connectivity index (χ3v) is 4.89. The van der Waals surface area contributed by atoms with E-state index < -0.39 is 15.6 Å². The quantitative estimate of drug-likeness (QED) is 0.643. The summed E-state index contributed by atoms with van der Waals surface area (Å²) in [6.07, 6.45) is 5.30. The lowest BCUT2D eigenvalue weighted by molar-refractivity contribution is 0.329. The molecule has 4 heteroatoms. The molecule has 0 atom stereocenters. The van der Waals surface area contributed by atoms with Crippen molar-refractivity contribution in [2.45, 2.75) is 31.2 Å². The summed E-state index contributed by atoms with van der Waals surface area (Å²) in [7, 11) is -3.52. The van der Waals surface area contributed by atoms with Crippen LogP contribution in [0, 0.1) is 19.4 Å². The second-order valence-corrected chi connectivity index (χ2v) is 6.21. The zero-order valence-corrected chi connectivity index (χ0v) is 10.3. The first-order valence-corrected chi connectivity index (χ1v) is 6.38. The molecule has 0 aliphatic carbocycles. The van der Waals surface area contributed by atoms with Crippen LogP contribution in [0.5, 0.6) is 0 Å². The lowest BCUT2D eigenvalue weighted by Crippen LogP contribution is -2.35. The van der Waals surface area contributed by atoms with E-state index >= 15 is 0 Å².